The molecule has 1 saturated carbocycles. The molecular formula is C14H22N2. The molecule has 1 aromatic carbocycles. The molecule has 0 saturated heterocycles. The van der Waals surface area contributed by atoms with E-state index in [1.807, 2.05) is 6.07 Å². The van der Waals surface area contributed by atoms with Crippen LogP contribution in [0.4, 0.5) is 11.4 Å². The van der Waals surface area contributed by atoms with E-state index in [1.54, 1.807) is 0 Å². The fraction of sp³-hybridized carbons (Fsp3) is 0.571. The van der Waals surface area contributed by atoms with E-state index in [0.29, 0.717) is 0 Å². The number of hydrogen-bond acceptors (Lipinski definition) is 2. The lowest BCUT2D eigenvalue weighted by atomic mass is 9.85. The highest BCUT2D eigenvalue weighted by atomic mass is 15.1. The summed E-state index contributed by atoms with van der Waals surface area (Å²) in [5, 5.41) is 0. The first-order valence-corrected chi connectivity index (χ1v) is 6.31. The molecule has 0 heterocycles. The van der Waals surface area contributed by atoms with Crippen LogP contribution in [0.15, 0.2) is 18.2 Å². The number of rotatable bonds is 4. The van der Waals surface area contributed by atoms with Crippen molar-refractivity contribution in [1.29, 1.82) is 0 Å². The maximum absolute atomic E-state index is 5.87. The average Bonchev–Trinajstić information content (AvgIpc) is 2.21. The Kier molecular flexibility index (Phi) is 3.37. The largest absolute Gasteiger partial charge is 0.399 e. The van der Waals surface area contributed by atoms with Crippen LogP contribution in [0.25, 0.3) is 0 Å². The molecule has 2 N–H and O–H groups in total. The van der Waals surface area contributed by atoms with Crippen molar-refractivity contribution in [1.82, 2.24) is 0 Å². The fourth-order valence-corrected chi connectivity index (χ4v) is 2.35. The Morgan fingerprint density at radius 2 is 2.12 bits per heavy atom. The molecule has 0 amide bonds. The summed E-state index contributed by atoms with van der Waals surface area (Å²) in [6.07, 6.45) is 4.22. The molecule has 2 rings (SSSR count). The van der Waals surface area contributed by atoms with Crippen LogP contribution in [-0.4, -0.2) is 13.1 Å². The van der Waals surface area contributed by atoms with Crippen molar-refractivity contribution in [2.75, 3.05) is 23.7 Å². The highest BCUT2D eigenvalue weighted by Crippen LogP contribution is 2.30. The highest BCUT2D eigenvalue weighted by Gasteiger charge is 2.20. The Morgan fingerprint density at radius 1 is 1.38 bits per heavy atom. The van der Waals surface area contributed by atoms with Gasteiger partial charge >= 0.3 is 0 Å². The summed E-state index contributed by atoms with van der Waals surface area (Å²) in [5.41, 5.74) is 9.38. The van der Waals surface area contributed by atoms with Gasteiger partial charge in [0.15, 0.2) is 0 Å². The van der Waals surface area contributed by atoms with Crippen molar-refractivity contribution in [3.05, 3.63) is 23.8 Å². The molecule has 2 nitrogen and oxygen atoms in total. The molecule has 1 aliphatic rings. The predicted octanol–water partition coefficient (Wildman–Crippen LogP) is 3.20. The SMILES string of the molecule is CCN(CC1CCC1)c1cc(N)ccc1C. The second-order valence-electron chi connectivity index (χ2n) is 4.88. The van der Waals surface area contributed by atoms with Gasteiger partial charge in [0.1, 0.15) is 0 Å². The lowest BCUT2D eigenvalue weighted by Crippen LogP contribution is -2.32. The number of nitrogens with two attached hydrogens (primary N) is 1. The summed E-state index contributed by atoms with van der Waals surface area (Å²) < 4.78 is 0. The predicted molar refractivity (Wildman–Crippen MR) is 70.8 cm³/mol. The zero-order valence-electron chi connectivity index (χ0n) is 10.4. The molecule has 0 bridgehead atoms. The normalized spacial score (nSPS) is 15.9. The second kappa shape index (κ2) is 4.77. The first-order chi connectivity index (χ1) is 7.70. The Morgan fingerprint density at radius 3 is 2.69 bits per heavy atom. The van der Waals surface area contributed by atoms with Gasteiger partial charge in [-0.05, 0) is 50.3 Å². The summed E-state index contributed by atoms with van der Waals surface area (Å²) in [6, 6.07) is 6.21. The molecule has 0 atom stereocenters. The molecule has 0 aliphatic heterocycles. The van der Waals surface area contributed by atoms with E-state index in [-0.39, 0.29) is 0 Å². The van der Waals surface area contributed by atoms with E-state index < -0.39 is 0 Å². The minimum absolute atomic E-state index is 0.868. The number of hydrogen-bond donors (Lipinski definition) is 1. The van der Waals surface area contributed by atoms with Gasteiger partial charge in [0.2, 0.25) is 0 Å². The zero-order chi connectivity index (χ0) is 11.5. The smallest absolute Gasteiger partial charge is 0.0416 e. The Labute approximate surface area is 98.4 Å². The maximum atomic E-state index is 5.87. The summed E-state index contributed by atoms with van der Waals surface area (Å²) in [5.74, 6) is 0.904. The van der Waals surface area contributed by atoms with Gasteiger partial charge in [0.25, 0.3) is 0 Å². The molecule has 2 heteroatoms. The minimum Gasteiger partial charge on any atom is -0.399 e. The quantitative estimate of drug-likeness (QED) is 0.786. The topological polar surface area (TPSA) is 29.3 Å². The Balaban J connectivity index is 2.14. The van der Waals surface area contributed by atoms with Gasteiger partial charge in [-0.3, -0.25) is 0 Å². The highest BCUT2D eigenvalue weighted by molar-refractivity contribution is 5.60. The lowest BCUT2D eigenvalue weighted by Gasteiger charge is -2.34. The van der Waals surface area contributed by atoms with Gasteiger partial charge in [-0.1, -0.05) is 12.5 Å². The molecule has 0 aromatic heterocycles. The van der Waals surface area contributed by atoms with Crippen LogP contribution in [0.1, 0.15) is 31.7 Å². The van der Waals surface area contributed by atoms with Gasteiger partial charge in [-0.2, -0.15) is 0 Å². The van der Waals surface area contributed by atoms with Gasteiger partial charge in [-0.15, -0.1) is 0 Å². The third-order valence-corrected chi connectivity index (χ3v) is 3.66. The van der Waals surface area contributed by atoms with E-state index in [0.717, 1.165) is 18.2 Å². The van der Waals surface area contributed by atoms with Crippen molar-refractivity contribution < 1.29 is 0 Å². The average molecular weight is 218 g/mol. The van der Waals surface area contributed by atoms with E-state index in [4.69, 9.17) is 5.73 Å². The Bertz CT molecular complexity index is 356. The van der Waals surface area contributed by atoms with Crippen molar-refractivity contribution in [2.24, 2.45) is 5.92 Å². The lowest BCUT2D eigenvalue weighted by molar-refractivity contribution is 0.318. The van der Waals surface area contributed by atoms with E-state index >= 15 is 0 Å². The van der Waals surface area contributed by atoms with Crippen LogP contribution >= 0.6 is 0 Å². The maximum Gasteiger partial charge on any atom is 0.0416 e. The van der Waals surface area contributed by atoms with Crippen molar-refractivity contribution >= 4 is 11.4 Å². The molecule has 0 unspecified atom stereocenters. The molecule has 88 valence electrons. The van der Waals surface area contributed by atoms with Crippen molar-refractivity contribution in [3.63, 3.8) is 0 Å². The Hall–Kier alpha value is -1.18. The van der Waals surface area contributed by atoms with Crippen molar-refractivity contribution in [2.45, 2.75) is 33.1 Å². The van der Waals surface area contributed by atoms with Crippen LogP contribution < -0.4 is 10.6 Å². The van der Waals surface area contributed by atoms with Crippen LogP contribution in [0.5, 0.6) is 0 Å². The van der Waals surface area contributed by atoms with Gasteiger partial charge in [-0.25, -0.2) is 0 Å². The minimum atomic E-state index is 0.868. The van der Waals surface area contributed by atoms with Crippen LogP contribution in [0, 0.1) is 12.8 Å². The van der Waals surface area contributed by atoms with E-state index in [1.165, 1.54) is 37.1 Å². The number of aryl methyl sites for hydroxylation is 1. The number of anilines is 2. The molecule has 16 heavy (non-hydrogen) atoms. The fourth-order valence-electron chi connectivity index (χ4n) is 2.35. The molecule has 1 aliphatic carbocycles. The van der Waals surface area contributed by atoms with Crippen LogP contribution in [0.2, 0.25) is 0 Å². The van der Waals surface area contributed by atoms with Gasteiger partial charge < -0.3 is 10.6 Å². The van der Waals surface area contributed by atoms with Crippen LogP contribution in [-0.2, 0) is 0 Å². The van der Waals surface area contributed by atoms with Crippen LogP contribution in [0.3, 0.4) is 0 Å². The molecule has 1 fully saturated rings. The second-order valence-corrected chi connectivity index (χ2v) is 4.88. The number of benzene rings is 1. The third kappa shape index (κ3) is 2.31. The van der Waals surface area contributed by atoms with E-state index in [2.05, 4.69) is 30.9 Å². The molecular weight excluding hydrogens is 196 g/mol. The van der Waals surface area contributed by atoms with Crippen molar-refractivity contribution in [3.8, 4) is 0 Å². The van der Waals surface area contributed by atoms with Gasteiger partial charge in [0, 0.05) is 24.5 Å². The summed E-state index contributed by atoms with van der Waals surface area (Å²) in [4.78, 5) is 2.47. The molecule has 0 spiro atoms. The van der Waals surface area contributed by atoms with Gasteiger partial charge in [0.05, 0.1) is 0 Å². The molecule has 0 radical (unpaired) electrons. The molecule has 1 aromatic rings. The van der Waals surface area contributed by atoms with E-state index in [9.17, 15) is 0 Å². The first kappa shape index (κ1) is 11.3. The summed E-state index contributed by atoms with van der Waals surface area (Å²) in [7, 11) is 0. The monoisotopic (exact) mass is 218 g/mol. The number of nitrogen functional groups attached to an aromatic ring is 1. The standard InChI is InChI=1S/C14H22N2/c1-3-16(10-12-5-4-6-12)14-9-13(15)8-7-11(14)2/h7-9,12H,3-6,10,15H2,1-2H3. The zero-order valence-corrected chi connectivity index (χ0v) is 10.4. The third-order valence-electron chi connectivity index (χ3n) is 3.66. The number of nitrogens with zero attached hydrogens (tertiary/aromatic N) is 1. The summed E-state index contributed by atoms with van der Waals surface area (Å²) in [6.45, 7) is 6.65. The summed E-state index contributed by atoms with van der Waals surface area (Å²) >= 11 is 0. The first-order valence-electron chi connectivity index (χ1n) is 6.31.